The molecule has 18 heavy (non-hydrogen) atoms. The zero-order valence-corrected chi connectivity index (χ0v) is 9.94. The molecule has 0 spiro atoms. The number of hydrogen-bond acceptors (Lipinski definition) is 2. The molecule has 0 amide bonds. The van der Waals surface area contributed by atoms with Crippen LogP contribution < -0.4 is 0 Å². The highest BCUT2D eigenvalue weighted by Crippen LogP contribution is 2.11. The van der Waals surface area contributed by atoms with Gasteiger partial charge < -0.3 is 10.0 Å². The summed E-state index contributed by atoms with van der Waals surface area (Å²) < 4.78 is 0. The van der Waals surface area contributed by atoms with Crippen molar-refractivity contribution in [2.24, 2.45) is 0 Å². The molecule has 0 saturated heterocycles. The Hall–Kier alpha value is -2.29. The molecule has 1 aliphatic heterocycles. The van der Waals surface area contributed by atoms with E-state index in [1.54, 1.807) is 11.1 Å². The molecule has 92 valence electrons. The Kier molecular flexibility index (Phi) is 3.97. The molecular formula is C15H15NO2. The summed E-state index contributed by atoms with van der Waals surface area (Å²) in [5.74, 6) is -0.826. The molecule has 2 rings (SSSR count). The number of allylic oxidation sites excluding steroid dienone is 2. The number of carbonyl (C=O) groups is 1. The third-order valence-electron chi connectivity index (χ3n) is 2.68. The minimum atomic E-state index is -0.826. The van der Waals surface area contributed by atoms with Crippen molar-refractivity contribution >= 4 is 12.0 Å². The van der Waals surface area contributed by atoms with Crippen molar-refractivity contribution in [1.82, 2.24) is 4.90 Å². The molecular weight excluding hydrogens is 226 g/mol. The summed E-state index contributed by atoms with van der Waals surface area (Å²) in [4.78, 5) is 12.5. The molecule has 1 atom stereocenters. The van der Waals surface area contributed by atoms with Crippen molar-refractivity contribution in [3.05, 3.63) is 66.4 Å². The summed E-state index contributed by atoms with van der Waals surface area (Å²) in [6.07, 6.45) is 11.5. The van der Waals surface area contributed by atoms with Crippen LogP contribution in [0.2, 0.25) is 0 Å². The van der Waals surface area contributed by atoms with Crippen molar-refractivity contribution in [2.45, 2.75) is 6.04 Å². The van der Waals surface area contributed by atoms with Gasteiger partial charge in [0.15, 0.2) is 0 Å². The number of aliphatic carboxylic acids is 1. The lowest BCUT2D eigenvalue weighted by molar-refractivity contribution is -0.137. The molecule has 0 fully saturated rings. The lowest BCUT2D eigenvalue weighted by atomic mass is 10.1. The Morgan fingerprint density at radius 2 is 2.06 bits per heavy atom. The molecule has 0 aromatic heterocycles. The highest BCUT2D eigenvalue weighted by Gasteiger charge is 2.13. The van der Waals surface area contributed by atoms with Crippen molar-refractivity contribution in [3.8, 4) is 0 Å². The number of rotatable bonds is 4. The van der Waals surface area contributed by atoms with Crippen molar-refractivity contribution in [3.63, 3.8) is 0 Å². The summed E-state index contributed by atoms with van der Waals surface area (Å²) in [6, 6.07) is 9.95. The maximum atomic E-state index is 10.8. The maximum absolute atomic E-state index is 10.8. The summed E-state index contributed by atoms with van der Waals surface area (Å²) in [5, 5.41) is 8.85. The van der Waals surface area contributed by atoms with Crippen LogP contribution in [0.3, 0.4) is 0 Å². The second-order valence-corrected chi connectivity index (χ2v) is 4.05. The molecule has 1 unspecified atom stereocenters. The predicted molar refractivity (Wildman–Crippen MR) is 71.9 cm³/mol. The second-order valence-electron chi connectivity index (χ2n) is 4.05. The summed E-state index contributed by atoms with van der Waals surface area (Å²) in [6.45, 7) is 0.00460. The van der Waals surface area contributed by atoms with E-state index in [4.69, 9.17) is 5.11 Å². The lowest BCUT2D eigenvalue weighted by Gasteiger charge is -2.26. The Labute approximate surface area is 106 Å². The van der Waals surface area contributed by atoms with Crippen LogP contribution in [0.25, 0.3) is 6.08 Å². The zero-order valence-electron chi connectivity index (χ0n) is 9.94. The Balaban J connectivity index is 2.07. The first-order valence-electron chi connectivity index (χ1n) is 5.81. The molecule has 3 nitrogen and oxygen atoms in total. The van der Waals surface area contributed by atoms with Crippen LogP contribution in [0.5, 0.6) is 0 Å². The molecule has 0 saturated carbocycles. The standard InChI is InChI=1S/C15H15NO2/c17-15(18)12-16-11-5-4-8-14(16)10-9-13-6-2-1-3-7-13/h1-11,14H,12H2,(H,17,18)/b10-9+. The van der Waals surface area contributed by atoms with Gasteiger partial charge in [-0.05, 0) is 11.6 Å². The summed E-state index contributed by atoms with van der Waals surface area (Å²) in [7, 11) is 0. The van der Waals surface area contributed by atoms with E-state index in [2.05, 4.69) is 0 Å². The van der Waals surface area contributed by atoms with Crippen LogP contribution in [-0.2, 0) is 4.79 Å². The van der Waals surface area contributed by atoms with Gasteiger partial charge in [0.1, 0.15) is 6.54 Å². The molecule has 1 heterocycles. The fraction of sp³-hybridized carbons (Fsp3) is 0.133. The SMILES string of the molecule is O=C(O)CN1C=CC=CC1/C=C/c1ccccc1. The summed E-state index contributed by atoms with van der Waals surface area (Å²) in [5.41, 5.74) is 1.11. The van der Waals surface area contributed by atoms with Gasteiger partial charge in [-0.2, -0.15) is 0 Å². The molecule has 0 aliphatic carbocycles. The van der Waals surface area contributed by atoms with Gasteiger partial charge in [0.05, 0.1) is 6.04 Å². The first kappa shape index (κ1) is 12.2. The van der Waals surface area contributed by atoms with E-state index < -0.39 is 5.97 Å². The van der Waals surface area contributed by atoms with Gasteiger partial charge in [-0.3, -0.25) is 4.79 Å². The third kappa shape index (κ3) is 3.35. The van der Waals surface area contributed by atoms with E-state index in [-0.39, 0.29) is 12.6 Å². The maximum Gasteiger partial charge on any atom is 0.323 e. The first-order chi connectivity index (χ1) is 8.75. The highest BCUT2D eigenvalue weighted by molar-refractivity contribution is 5.69. The van der Waals surface area contributed by atoms with Gasteiger partial charge in [-0.15, -0.1) is 0 Å². The van der Waals surface area contributed by atoms with E-state index in [1.807, 2.05) is 60.7 Å². The quantitative estimate of drug-likeness (QED) is 0.880. The smallest absolute Gasteiger partial charge is 0.323 e. The monoisotopic (exact) mass is 241 g/mol. The largest absolute Gasteiger partial charge is 0.480 e. The third-order valence-corrected chi connectivity index (χ3v) is 2.68. The average Bonchev–Trinajstić information content (AvgIpc) is 2.38. The number of hydrogen-bond donors (Lipinski definition) is 1. The fourth-order valence-electron chi connectivity index (χ4n) is 1.81. The topological polar surface area (TPSA) is 40.5 Å². The minimum absolute atomic E-state index is 0.00460. The number of benzene rings is 1. The van der Waals surface area contributed by atoms with Gasteiger partial charge in [-0.25, -0.2) is 0 Å². The fourth-order valence-corrected chi connectivity index (χ4v) is 1.81. The van der Waals surface area contributed by atoms with Crippen molar-refractivity contribution in [2.75, 3.05) is 6.54 Å². The van der Waals surface area contributed by atoms with E-state index in [0.29, 0.717) is 0 Å². The molecule has 3 heteroatoms. The molecule has 1 aromatic rings. The van der Waals surface area contributed by atoms with Crippen LogP contribution in [0, 0.1) is 0 Å². The Morgan fingerprint density at radius 1 is 1.28 bits per heavy atom. The molecule has 1 N–H and O–H groups in total. The van der Waals surface area contributed by atoms with Crippen LogP contribution in [0.15, 0.2) is 60.8 Å². The number of nitrogens with zero attached hydrogens (tertiary/aromatic N) is 1. The highest BCUT2D eigenvalue weighted by atomic mass is 16.4. The van der Waals surface area contributed by atoms with Crippen molar-refractivity contribution in [1.29, 1.82) is 0 Å². The summed E-state index contributed by atoms with van der Waals surface area (Å²) >= 11 is 0. The normalized spacial score (nSPS) is 18.4. The van der Waals surface area contributed by atoms with E-state index >= 15 is 0 Å². The molecule has 1 aromatic carbocycles. The minimum Gasteiger partial charge on any atom is -0.480 e. The van der Waals surface area contributed by atoms with Crippen LogP contribution in [0.4, 0.5) is 0 Å². The van der Waals surface area contributed by atoms with Crippen molar-refractivity contribution < 1.29 is 9.90 Å². The Bertz CT molecular complexity index is 488. The second kappa shape index (κ2) is 5.87. The number of carboxylic acids is 1. The van der Waals surface area contributed by atoms with Crippen LogP contribution in [0.1, 0.15) is 5.56 Å². The van der Waals surface area contributed by atoms with Crippen LogP contribution in [-0.4, -0.2) is 28.6 Å². The predicted octanol–water partition coefficient (Wildman–Crippen LogP) is 2.54. The Morgan fingerprint density at radius 3 is 2.78 bits per heavy atom. The number of carboxylic acid groups (broad SMARTS) is 1. The van der Waals surface area contributed by atoms with E-state index in [1.165, 1.54) is 0 Å². The average molecular weight is 241 g/mol. The van der Waals surface area contributed by atoms with Gasteiger partial charge in [0.25, 0.3) is 0 Å². The van der Waals surface area contributed by atoms with Gasteiger partial charge in [0, 0.05) is 6.20 Å². The van der Waals surface area contributed by atoms with E-state index in [0.717, 1.165) is 5.56 Å². The first-order valence-corrected chi connectivity index (χ1v) is 5.81. The van der Waals surface area contributed by atoms with Gasteiger partial charge in [-0.1, -0.05) is 54.6 Å². The van der Waals surface area contributed by atoms with Crippen LogP contribution >= 0.6 is 0 Å². The molecule has 0 radical (unpaired) electrons. The van der Waals surface area contributed by atoms with Gasteiger partial charge in [0.2, 0.25) is 0 Å². The van der Waals surface area contributed by atoms with E-state index in [9.17, 15) is 4.79 Å². The zero-order chi connectivity index (χ0) is 12.8. The molecule has 1 aliphatic rings. The molecule has 0 bridgehead atoms. The lowest BCUT2D eigenvalue weighted by Crippen LogP contribution is -2.33. The van der Waals surface area contributed by atoms with Gasteiger partial charge >= 0.3 is 5.97 Å².